The molecule has 0 fully saturated rings. The molecule has 18 heavy (non-hydrogen) atoms. The van der Waals surface area contributed by atoms with Crippen LogP contribution >= 0.6 is 0 Å². The molecule has 0 radical (unpaired) electrons. The molecule has 110 valence electrons. The zero-order chi connectivity index (χ0) is 14.1. The molecule has 0 aliphatic carbocycles. The predicted octanol–water partition coefficient (Wildman–Crippen LogP) is 4.96. The molecule has 0 bridgehead atoms. The number of hydrogen-bond donors (Lipinski definition) is 0. The number of ether oxygens (including phenoxy) is 2. The van der Waals surface area contributed by atoms with Crippen molar-refractivity contribution in [3.8, 4) is 0 Å². The molecule has 0 saturated carbocycles. The zero-order valence-corrected chi connectivity index (χ0v) is 13.5. The van der Waals surface area contributed by atoms with Crippen LogP contribution in [0.2, 0.25) is 0 Å². The van der Waals surface area contributed by atoms with E-state index >= 15 is 0 Å². The lowest BCUT2D eigenvalue weighted by Crippen LogP contribution is -2.36. The van der Waals surface area contributed by atoms with Crippen LogP contribution in [0.1, 0.15) is 79.6 Å². The molecule has 0 aliphatic heterocycles. The van der Waals surface area contributed by atoms with E-state index in [1.807, 2.05) is 7.11 Å². The van der Waals surface area contributed by atoms with E-state index in [0.29, 0.717) is 0 Å². The Balaban J connectivity index is 4.36. The number of methoxy groups -OCH3 is 1. The summed E-state index contributed by atoms with van der Waals surface area (Å²) in [6, 6.07) is 0. The molecule has 0 N–H and O–H groups in total. The van der Waals surface area contributed by atoms with Gasteiger partial charge in [-0.05, 0) is 38.5 Å². The van der Waals surface area contributed by atoms with Crippen molar-refractivity contribution in [1.29, 1.82) is 0 Å². The first-order valence-corrected chi connectivity index (χ1v) is 7.76. The van der Waals surface area contributed by atoms with Crippen LogP contribution in [-0.4, -0.2) is 24.9 Å². The molecule has 0 unspecified atom stereocenters. The van der Waals surface area contributed by atoms with Gasteiger partial charge in [-0.15, -0.1) is 0 Å². The summed E-state index contributed by atoms with van der Waals surface area (Å²) < 4.78 is 11.9. The lowest BCUT2D eigenvalue weighted by Gasteiger charge is -2.35. The van der Waals surface area contributed by atoms with Gasteiger partial charge in [0.05, 0.1) is 17.8 Å². The number of rotatable bonds is 11. The molecule has 2 heteroatoms. The highest BCUT2D eigenvalue weighted by molar-refractivity contribution is 4.80. The van der Waals surface area contributed by atoms with Crippen LogP contribution in [0.15, 0.2) is 0 Å². The first-order chi connectivity index (χ1) is 8.57. The van der Waals surface area contributed by atoms with Crippen molar-refractivity contribution >= 4 is 0 Å². The van der Waals surface area contributed by atoms with Crippen molar-refractivity contribution < 1.29 is 9.47 Å². The van der Waals surface area contributed by atoms with Crippen molar-refractivity contribution in [2.75, 3.05) is 13.7 Å². The Bertz CT molecular complexity index is 185. The topological polar surface area (TPSA) is 18.5 Å². The molecule has 0 aromatic carbocycles. The van der Waals surface area contributed by atoms with Crippen LogP contribution in [0.25, 0.3) is 0 Å². The molecule has 0 saturated heterocycles. The average molecular weight is 258 g/mol. The van der Waals surface area contributed by atoms with Crippen LogP contribution in [0, 0.1) is 0 Å². The standard InChI is InChI=1S/C16H34O2/c1-7-12-16(10-4,11-5)18-14-13-15(8-2,9-3)17-6/h7-14H2,1-6H3. The molecule has 0 amide bonds. The summed E-state index contributed by atoms with van der Waals surface area (Å²) in [5, 5.41) is 0. The van der Waals surface area contributed by atoms with E-state index in [0.717, 1.165) is 45.1 Å². The highest BCUT2D eigenvalue weighted by atomic mass is 16.5. The first-order valence-electron chi connectivity index (χ1n) is 7.76. The van der Waals surface area contributed by atoms with Crippen molar-refractivity contribution in [2.24, 2.45) is 0 Å². The van der Waals surface area contributed by atoms with Crippen LogP contribution in [0.4, 0.5) is 0 Å². The lowest BCUT2D eigenvalue weighted by molar-refractivity contribution is -0.0945. The monoisotopic (exact) mass is 258 g/mol. The molecule has 0 heterocycles. The summed E-state index contributed by atoms with van der Waals surface area (Å²) >= 11 is 0. The van der Waals surface area contributed by atoms with E-state index < -0.39 is 0 Å². The average Bonchev–Trinajstić information content (AvgIpc) is 2.43. The SMILES string of the molecule is CCCC(CC)(CC)OCCC(CC)(CC)OC. The number of hydrogen-bond acceptors (Lipinski definition) is 2. The molecule has 0 aromatic rings. The fourth-order valence-corrected chi connectivity index (χ4v) is 2.78. The smallest absolute Gasteiger partial charge is 0.0695 e. The maximum atomic E-state index is 6.25. The van der Waals surface area contributed by atoms with Gasteiger partial charge in [-0.2, -0.15) is 0 Å². The predicted molar refractivity (Wildman–Crippen MR) is 79.1 cm³/mol. The second kappa shape index (κ2) is 8.92. The van der Waals surface area contributed by atoms with E-state index in [4.69, 9.17) is 9.47 Å². The third-order valence-electron chi connectivity index (χ3n) is 4.68. The van der Waals surface area contributed by atoms with Gasteiger partial charge in [0.25, 0.3) is 0 Å². The summed E-state index contributed by atoms with van der Waals surface area (Å²) in [5.74, 6) is 0. The van der Waals surface area contributed by atoms with Gasteiger partial charge in [0.15, 0.2) is 0 Å². The van der Waals surface area contributed by atoms with Gasteiger partial charge in [0.2, 0.25) is 0 Å². The van der Waals surface area contributed by atoms with E-state index in [-0.39, 0.29) is 11.2 Å². The van der Waals surface area contributed by atoms with Gasteiger partial charge in [-0.1, -0.05) is 41.0 Å². The van der Waals surface area contributed by atoms with Crippen molar-refractivity contribution in [1.82, 2.24) is 0 Å². The van der Waals surface area contributed by atoms with Gasteiger partial charge < -0.3 is 9.47 Å². The Hall–Kier alpha value is -0.0800. The maximum Gasteiger partial charge on any atom is 0.0695 e. The van der Waals surface area contributed by atoms with Gasteiger partial charge in [0, 0.05) is 7.11 Å². The van der Waals surface area contributed by atoms with Crippen LogP contribution in [0.3, 0.4) is 0 Å². The molecular weight excluding hydrogens is 224 g/mol. The second-order valence-corrected chi connectivity index (χ2v) is 5.33. The third kappa shape index (κ3) is 4.89. The molecule has 0 spiro atoms. The Kier molecular flexibility index (Phi) is 8.89. The van der Waals surface area contributed by atoms with Crippen molar-refractivity contribution in [3.05, 3.63) is 0 Å². The zero-order valence-electron chi connectivity index (χ0n) is 13.5. The Morgan fingerprint density at radius 1 is 0.722 bits per heavy atom. The van der Waals surface area contributed by atoms with Crippen LogP contribution in [-0.2, 0) is 9.47 Å². The first kappa shape index (κ1) is 17.9. The minimum atomic E-state index is 0.0133. The summed E-state index contributed by atoms with van der Waals surface area (Å²) in [5.41, 5.74) is 0.106. The Labute approximate surface area is 114 Å². The normalized spacial score (nSPS) is 13.0. The maximum absolute atomic E-state index is 6.25. The molecule has 0 rings (SSSR count). The minimum Gasteiger partial charge on any atom is -0.378 e. The highest BCUT2D eigenvalue weighted by Crippen LogP contribution is 2.29. The fraction of sp³-hybridized carbons (Fsp3) is 1.00. The molecule has 0 atom stereocenters. The van der Waals surface area contributed by atoms with Gasteiger partial charge in [0.1, 0.15) is 0 Å². The molecule has 0 aromatic heterocycles. The second-order valence-electron chi connectivity index (χ2n) is 5.33. The summed E-state index contributed by atoms with van der Waals surface area (Å²) in [7, 11) is 1.83. The van der Waals surface area contributed by atoms with Gasteiger partial charge >= 0.3 is 0 Å². The molecule has 0 aliphatic rings. The van der Waals surface area contributed by atoms with Crippen molar-refractivity contribution in [2.45, 2.75) is 90.8 Å². The summed E-state index contributed by atoms with van der Waals surface area (Å²) in [6.07, 6.45) is 7.69. The van der Waals surface area contributed by atoms with E-state index in [1.165, 1.54) is 6.42 Å². The highest BCUT2D eigenvalue weighted by Gasteiger charge is 2.29. The van der Waals surface area contributed by atoms with Crippen LogP contribution < -0.4 is 0 Å². The molecular formula is C16H34O2. The quantitative estimate of drug-likeness (QED) is 0.521. The minimum absolute atomic E-state index is 0.0133. The van der Waals surface area contributed by atoms with E-state index in [9.17, 15) is 0 Å². The Morgan fingerprint density at radius 3 is 1.56 bits per heavy atom. The lowest BCUT2D eigenvalue weighted by atomic mass is 9.90. The largest absolute Gasteiger partial charge is 0.378 e. The molecule has 2 nitrogen and oxygen atoms in total. The van der Waals surface area contributed by atoms with Gasteiger partial charge in [-0.3, -0.25) is 0 Å². The summed E-state index contributed by atoms with van der Waals surface area (Å²) in [4.78, 5) is 0. The van der Waals surface area contributed by atoms with Gasteiger partial charge in [-0.25, -0.2) is 0 Å². The Morgan fingerprint density at radius 2 is 1.22 bits per heavy atom. The van der Waals surface area contributed by atoms with Crippen molar-refractivity contribution in [3.63, 3.8) is 0 Å². The summed E-state index contributed by atoms with van der Waals surface area (Å²) in [6.45, 7) is 11.9. The van der Waals surface area contributed by atoms with E-state index in [1.54, 1.807) is 0 Å². The third-order valence-corrected chi connectivity index (χ3v) is 4.68. The van der Waals surface area contributed by atoms with E-state index in [2.05, 4.69) is 34.6 Å². The van der Waals surface area contributed by atoms with Crippen LogP contribution in [0.5, 0.6) is 0 Å². The fourth-order valence-electron chi connectivity index (χ4n) is 2.78.